The Labute approximate surface area is 106 Å². The minimum Gasteiger partial charge on any atom is -0.347 e. The van der Waals surface area contributed by atoms with Crippen molar-refractivity contribution in [1.29, 1.82) is 0 Å². The van der Waals surface area contributed by atoms with E-state index in [-0.39, 0.29) is 5.91 Å². The topological polar surface area (TPSA) is 57.8 Å². The second kappa shape index (κ2) is 5.04. The second-order valence-electron chi connectivity index (χ2n) is 4.53. The fraction of sp³-hybridized carbons (Fsp3) is 0.286. The monoisotopic (exact) mass is 243 g/mol. The molecular weight excluding hydrogens is 226 g/mol. The van der Waals surface area contributed by atoms with Crippen LogP contribution in [0.5, 0.6) is 0 Å². The van der Waals surface area contributed by atoms with Crippen molar-refractivity contribution >= 4 is 5.91 Å². The van der Waals surface area contributed by atoms with Crippen LogP contribution in [0, 0.1) is 20.8 Å². The Kier molecular flexibility index (Phi) is 3.46. The zero-order valence-electron chi connectivity index (χ0n) is 10.9. The third kappa shape index (κ3) is 2.59. The Morgan fingerprint density at radius 3 is 2.50 bits per heavy atom. The van der Waals surface area contributed by atoms with Crippen molar-refractivity contribution in [2.24, 2.45) is 0 Å². The SMILES string of the molecule is Cc1cc(C)c(C(=O)NCc2cnc[nH]2)c(C)c1. The number of nitrogens with one attached hydrogen (secondary N) is 2. The minimum absolute atomic E-state index is 0.0420. The van der Waals surface area contributed by atoms with Crippen LogP contribution in [0.4, 0.5) is 0 Å². The molecule has 18 heavy (non-hydrogen) atoms. The fourth-order valence-electron chi connectivity index (χ4n) is 2.18. The molecule has 0 saturated heterocycles. The number of benzene rings is 1. The number of aromatic nitrogens is 2. The van der Waals surface area contributed by atoms with Crippen molar-refractivity contribution < 1.29 is 4.79 Å². The molecule has 2 rings (SSSR count). The van der Waals surface area contributed by atoms with E-state index in [1.165, 1.54) is 5.56 Å². The first-order chi connectivity index (χ1) is 8.58. The summed E-state index contributed by atoms with van der Waals surface area (Å²) < 4.78 is 0. The summed E-state index contributed by atoms with van der Waals surface area (Å²) in [5.41, 5.74) is 4.85. The van der Waals surface area contributed by atoms with Crippen molar-refractivity contribution in [1.82, 2.24) is 15.3 Å². The number of rotatable bonds is 3. The first-order valence-electron chi connectivity index (χ1n) is 5.91. The molecular formula is C14H17N3O. The molecule has 0 saturated carbocycles. The van der Waals surface area contributed by atoms with Crippen LogP contribution < -0.4 is 5.32 Å². The van der Waals surface area contributed by atoms with Crippen molar-refractivity contribution in [3.05, 3.63) is 52.6 Å². The van der Waals surface area contributed by atoms with Gasteiger partial charge in [0.25, 0.3) is 5.91 Å². The molecule has 0 spiro atoms. The Morgan fingerprint density at radius 2 is 1.94 bits per heavy atom. The second-order valence-corrected chi connectivity index (χ2v) is 4.53. The molecule has 4 nitrogen and oxygen atoms in total. The van der Waals surface area contributed by atoms with Crippen LogP contribution in [0.1, 0.15) is 32.7 Å². The quantitative estimate of drug-likeness (QED) is 0.868. The van der Waals surface area contributed by atoms with Gasteiger partial charge in [0.1, 0.15) is 0 Å². The Morgan fingerprint density at radius 1 is 1.28 bits per heavy atom. The number of hydrogen-bond acceptors (Lipinski definition) is 2. The lowest BCUT2D eigenvalue weighted by atomic mass is 9.99. The molecule has 0 fully saturated rings. The minimum atomic E-state index is -0.0420. The summed E-state index contributed by atoms with van der Waals surface area (Å²) in [5.74, 6) is -0.0420. The molecule has 1 amide bonds. The van der Waals surface area contributed by atoms with Crippen molar-refractivity contribution in [3.63, 3.8) is 0 Å². The number of hydrogen-bond donors (Lipinski definition) is 2. The third-order valence-electron chi connectivity index (χ3n) is 2.90. The molecule has 0 bridgehead atoms. The van der Waals surface area contributed by atoms with Gasteiger partial charge in [0.05, 0.1) is 18.6 Å². The van der Waals surface area contributed by atoms with Gasteiger partial charge in [-0.2, -0.15) is 0 Å². The van der Waals surface area contributed by atoms with Crippen LogP contribution in [-0.4, -0.2) is 15.9 Å². The van der Waals surface area contributed by atoms with E-state index < -0.39 is 0 Å². The highest BCUT2D eigenvalue weighted by atomic mass is 16.1. The van der Waals surface area contributed by atoms with E-state index in [0.717, 1.165) is 22.4 Å². The molecule has 0 aliphatic carbocycles. The molecule has 2 aromatic rings. The zero-order valence-corrected chi connectivity index (χ0v) is 10.9. The van der Waals surface area contributed by atoms with Gasteiger partial charge in [-0.15, -0.1) is 0 Å². The average Bonchev–Trinajstić information content (AvgIpc) is 2.77. The highest BCUT2D eigenvalue weighted by molar-refractivity contribution is 5.97. The smallest absolute Gasteiger partial charge is 0.252 e. The van der Waals surface area contributed by atoms with Gasteiger partial charge in [0, 0.05) is 11.8 Å². The van der Waals surface area contributed by atoms with E-state index in [4.69, 9.17) is 0 Å². The summed E-state index contributed by atoms with van der Waals surface area (Å²) in [6.45, 7) is 6.42. The predicted molar refractivity (Wildman–Crippen MR) is 70.4 cm³/mol. The number of aryl methyl sites for hydroxylation is 3. The van der Waals surface area contributed by atoms with E-state index in [1.807, 2.05) is 32.9 Å². The van der Waals surface area contributed by atoms with Gasteiger partial charge in [-0.3, -0.25) is 4.79 Å². The van der Waals surface area contributed by atoms with Crippen LogP contribution >= 0.6 is 0 Å². The van der Waals surface area contributed by atoms with Gasteiger partial charge < -0.3 is 10.3 Å². The van der Waals surface area contributed by atoms with E-state index in [2.05, 4.69) is 15.3 Å². The summed E-state index contributed by atoms with van der Waals surface area (Å²) in [5, 5.41) is 2.89. The average molecular weight is 243 g/mol. The largest absolute Gasteiger partial charge is 0.347 e. The Bertz CT molecular complexity index is 535. The van der Waals surface area contributed by atoms with Gasteiger partial charge in [-0.05, 0) is 31.9 Å². The maximum absolute atomic E-state index is 12.1. The van der Waals surface area contributed by atoms with Crippen molar-refractivity contribution in [3.8, 4) is 0 Å². The number of aromatic amines is 1. The molecule has 0 unspecified atom stereocenters. The van der Waals surface area contributed by atoms with Gasteiger partial charge >= 0.3 is 0 Å². The van der Waals surface area contributed by atoms with E-state index in [9.17, 15) is 4.79 Å². The Hall–Kier alpha value is -2.10. The van der Waals surface area contributed by atoms with Gasteiger partial charge in [0.15, 0.2) is 0 Å². The normalized spacial score (nSPS) is 10.4. The van der Waals surface area contributed by atoms with Crippen molar-refractivity contribution in [2.75, 3.05) is 0 Å². The van der Waals surface area contributed by atoms with E-state index in [0.29, 0.717) is 6.54 Å². The third-order valence-corrected chi connectivity index (χ3v) is 2.90. The summed E-state index contributed by atoms with van der Waals surface area (Å²) >= 11 is 0. The summed E-state index contributed by atoms with van der Waals surface area (Å²) in [4.78, 5) is 19.0. The standard InChI is InChI=1S/C14H17N3O/c1-9-4-10(2)13(11(3)5-9)14(18)16-7-12-6-15-8-17-12/h4-6,8H,7H2,1-3H3,(H,15,17)(H,16,18). The van der Waals surface area contributed by atoms with Gasteiger partial charge in [-0.25, -0.2) is 4.98 Å². The van der Waals surface area contributed by atoms with Crippen LogP contribution in [0.3, 0.4) is 0 Å². The maximum atomic E-state index is 12.1. The molecule has 94 valence electrons. The lowest BCUT2D eigenvalue weighted by Crippen LogP contribution is -2.24. The number of carbonyl (C=O) groups excluding carboxylic acids is 1. The zero-order chi connectivity index (χ0) is 13.1. The molecule has 2 N–H and O–H groups in total. The highest BCUT2D eigenvalue weighted by Crippen LogP contribution is 2.16. The maximum Gasteiger partial charge on any atom is 0.252 e. The molecule has 1 aromatic carbocycles. The van der Waals surface area contributed by atoms with E-state index >= 15 is 0 Å². The Balaban J connectivity index is 2.14. The first-order valence-corrected chi connectivity index (χ1v) is 5.91. The number of amides is 1. The van der Waals surface area contributed by atoms with E-state index in [1.54, 1.807) is 12.5 Å². The molecule has 0 aliphatic heterocycles. The van der Waals surface area contributed by atoms with Gasteiger partial charge in [-0.1, -0.05) is 17.7 Å². The summed E-state index contributed by atoms with van der Waals surface area (Å²) in [6.07, 6.45) is 3.30. The number of nitrogens with zero attached hydrogens (tertiary/aromatic N) is 1. The summed E-state index contributed by atoms with van der Waals surface area (Å²) in [6, 6.07) is 4.05. The van der Waals surface area contributed by atoms with Crippen LogP contribution in [0.25, 0.3) is 0 Å². The molecule has 0 atom stereocenters. The molecule has 0 radical (unpaired) electrons. The van der Waals surface area contributed by atoms with Crippen LogP contribution in [0.2, 0.25) is 0 Å². The van der Waals surface area contributed by atoms with Crippen LogP contribution in [0.15, 0.2) is 24.7 Å². The number of carbonyl (C=O) groups is 1. The fourth-order valence-corrected chi connectivity index (χ4v) is 2.18. The molecule has 1 heterocycles. The lowest BCUT2D eigenvalue weighted by molar-refractivity contribution is 0.0949. The molecule has 0 aliphatic rings. The number of H-pyrrole nitrogens is 1. The van der Waals surface area contributed by atoms with Gasteiger partial charge in [0.2, 0.25) is 0 Å². The lowest BCUT2D eigenvalue weighted by Gasteiger charge is -2.11. The molecule has 4 heteroatoms. The van der Waals surface area contributed by atoms with Crippen molar-refractivity contribution in [2.45, 2.75) is 27.3 Å². The number of imidazole rings is 1. The predicted octanol–water partition coefficient (Wildman–Crippen LogP) is 2.26. The highest BCUT2D eigenvalue weighted by Gasteiger charge is 2.12. The first kappa shape index (κ1) is 12.4. The van der Waals surface area contributed by atoms with Crippen LogP contribution in [-0.2, 0) is 6.54 Å². The molecule has 1 aromatic heterocycles. The summed E-state index contributed by atoms with van der Waals surface area (Å²) in [7, 11) is 0.